The van der Waals surface area contributed by atoms with Crippen LogP contribution in [0, 0.1) is 48.3 Å². The van der Waals surface area contributed by atoms with Gasteiger partial charge in [0.1, 0.15) is 11.1 Å². The number of carbonyl (C=O) groups excluding carboxylic acids is 1. The number of hydrogen-bond donors (Lipinski definition) is 1. The van der Waals surface area contributed by atoms with Crippen LogP contribution in [0.25, 0.3) is 0 Å². The van der Waals surface area contributed by atoms with Gasteiger partial charge in [-0.25, -0.2) is 4.98 Å². The van der Waals surface area contributed by atoms with E-state index < -0.39 is 0 Å². The van der Waals surface area contributed by atoms with Crippen molar-refractivity contribution >= 4 is 17.7 Å². The Morgan fingerprint density at radius 1 is 1.30 bits per heavy atom. The van der Waals surface area contributed by atoms with Crippen molar-refractivity contribution in [2.24, 2.45) is 23.2 Å². The molecular formula is C22H29N3OS. The number of pyridine rings is 1. The van der Waals surface area contributed by atoms with Crippen LogP contribution in [0.4, 0.5) is 0 Å². The highest BCUT2D eigenvalue weighted by atomic mass is 32.2. The average Bonchev–Trinajstić information content (AvgIpc) is 2.58. The highest BCUT2D eigenvalue weighted by molar-refractivity contribution is 8.00. The van der Waals surface area contributed by atoms with E-state index in [9.17, 15) is 10.1 Å². The van der Waals surface area contributed by atoms with Crippen LogP contribution in [-0.2, 0) is 4.79 Å². The lowest BCUT2D eigenvalue weighted by Gasteiger charge is -2.59. The summed E-state index contributed by atoms with van der Waals surface area (Å²) < 4.78 is 0. The number of hydrogen-bond acceptors (Lipinski definition) is 4. The molecule has 0 unspecified atom stereocenters. The molecule has 4 fully saturated rings. The normalized spacial score (nSPS) is 32.1. The molecule has 4 nitrogen and oxygen atoms in total. The molecule has 1 heterocycles. The summed E-state index contributed by atoms with van der Waals surface area (Å²) in [5, 5.41) is 13.4. The van der Waals surface area contributed by atoms with E-state index in [1.165, 1.54) is 50.3 Å². The maximum absolute atomic E-state index is 12.6. The first-order chi connectivity index (χ1) is 12.9. The standard InChI is InChI=1S/C22H29N3OS/c1-13-4-14(2)24-21(19(13)11-23)27-12-20(26)25-15(3)22-8-16-5-17(9-22)7-18(6-16)10-22/h4,15-18H,5-10,12H2,1-3H3,(H,25,26)/t15-,16?,17?,18?,22?/m0/s1. The highest BCUT2D eigenvalue weighted by Gasteiger charge is 2.53. The molecule has 5 rings (SSSR count). The third-order valence-corrected chi connectivity index (χ3v) is 8.12. The summed E-state index contributed by atoms with van der Waals surface area (Å²) in [5.74, 6) is 3.06. The molecule has 0 aliphatic heterocycles. The average molecular weight is 384 g/mol. The van der Waals surface area contributed by atoms with E-state index in [1.807, 2.05) is 19.9 Å². The summed E-state index contributed by atoms with van der Waals surface area (Å²) in [4.78, 5) is 17.1. The SMILES string of the molecule is Cc1cc(C)c(C#N)c(SCC(=O)N[C@@H](C)C23CC4CC(CC(C4)C2)C3)n1. The summed E-state index contributed by atoms with van der Waals surface area (Å²) in [7, 11) is 0. The lowest BCUT2D eigenvalue weighted by Crippen LogP contribution is -2.56. The quantitative estimate of drug-likeness (QED) is 0.766. The van der Waals surface area contributed by atoms with Crippen molar-refractivity contribution in [1.82, 2.24) is 10.3 Å². The van der Waals surface area contributed by atoms with Gasteiger partial charge in [0.05, 0.1) is 11.3 Å². The van der Waals surface area contributed by atoms with E-state index in [4.69, 9.17) is 0 Å². The minimum absolute atomic E-state index is 0.0631. The van der Waals surface area contributed by atoms with Crippen LogP contribution in [0.2, 0.25) is 0 Å². The molecule has 4 aliphatic rings. The van der Waals surface area contributed by atoms with Crippen molar-refractivity contribution < 1.29 is 4.79 Å². The third kappa shape index (κ3) is 3.61. The smallest absolute Gasteiger partial charge is 0.230 e. The molecule has 0 saturated heterocycles. The van der Waals surface area contributed by atoms with Gasteiger partial charge >= 0.3 is 0 Å². The van der Waals surface area contributed by atoms with E-state index >= 15 is 0 Å². The van der Waals surface area contributed by atoms with Gasteiger partial charge in [-0.15, -0.1) is 0 Å². The number of carbonyl (C=O) groups is 1. The molecule has 0 aromatic carbocycles. The van der Waals surface area contributed by atoms with Gasteiger partial charge in [-0.3, -0.25) is 4.79 Å². The zero-order valence-electron chi connectivity index (χ0n) is 16.5. The second-order valence-corrected chi connectivity index (χ2v) is 10.2. The number of nitrogens with one attached hydrogen (secondary N) is 1. The topological polar surface area (TPSA) is 65.8 Å². The van der Waals surface area contributed by atoms with E-state index in [1.54, 1.807) is 0 Å². The fourth-order valence-corrected chi connectivity index (χ4v) is 7.23. The van der Waals surface area contributed by atoms with Crippen molar-refractivity contribution in [3.8, 4) is 6.07 Å². The van der Waals surface area contributed by atoms with Crippen molar-refractivity contribution in [2.45, 2.75) is 70.4 Å². The summed E-state index contributed by atoms with van der Waals surface area (Å²) in [6.45, 7) is 6.06. The summed E-state index contributed by atoms with van der Waals surface area (Å²) >= 11 is 1.38. The van der Waals surface area contributed by atoms with E-state index in [0.717, 1.165) is 29.0 Å². The van der Waals surface area contributed by atoms with Gasteiger partial charge in [0.25, 0.3) is 0 Å². The zero-order chi connectivity index (χ0) is 19.2. The lowest BCUT2D eigenvalue weighted by atomic mass is 9.48. The molecule has 1 aromatic heterocycles. The zero-order valence-corrected chi connectivity index (χ0v) is 17.4. The Balaban J connectivity index is 1.38. The van der Waals surface area contributed by atoms with E-state index in [2.05, 4.69) is 23.3 Å². The maximum Gasteiger partial charge on any atom is 0.230 e. The van der Waals surface area contributed by atoms with Gasteiger partial charge in [-0.1, -0.05) is 11.8 Å². The van der Waals surface area contributed by atoms with Crippen molar-refractivity contribution in [3.05, 3.63) is 22.9 Å². The van der Waals surface area contributed by atoms with Crippen LogP contribution in [-0.4, -0.2) is 22.7 Å². The van der Waals surface area contributed by atoms with Gasteiger partial charge in [0.15, 0.2) is 0 Å². The summed E-state index contributed by atoms with van der Waals surface area (Å²) in [6.07, 6.45) is 8.15. The van der Waals surface area contributed by atoms with Crippen LogP contribution in [0.3, 0.4) is 0 Å². The Morgan fingerprint density at radius 3 is 2.44 bits per heavy atom. The molecule has 1 N–H and O–H groups in total. The van der Waals surface area contributed by atoms with Crippen LogP contribution >= 0.6 is 11.8 Å². The van der Waals surface area contributed by atoms with Gasteiger partial charge in [-0.2, -0.15) is 5.26 Å². The van der Waals surface area contributed by atoms with Crippen molar-refractivity contribution in [1.29, 1.82) is 5.26 Å². The molecule has 1 amide bonds. The largest absolute Gasteiger partial charge is 0.352 e. The fraction of sp³-hybridized carbons (Fsp3) is 0.682. The number of thioether (sulfide) groups is 1. The number of aromatic nitrogens is 1. The molecule has 0 radical (unpaired) electrons. The summed E-state index contributed by atoms with van der Waals surface area (Å²) in [5.41, 5.74) is 2.73. The molecule has 1 atom stereocenters. The predicted molar refractivity (Wildman–Crippen MR) is 107 cm³/mol. The van der Waals surface area contributed by atoms with E-state index in [-0.39, 0.29) is 11.9 Å². The second-order valence-electron chi connectivity index (χ2n) is 9.23. The Hall–Kier alpha value is -1.54. The number of nitrogens with zero attached hydrogens (tertiary/aromatic N) is 2. The lowest BCUT2D eigenvalue weighted by molar-refractivity contribution is -0.123. The van der Waals surface area contributed by atoms with Gasteiger partial charge < -0.3 is 5.32 Å². The van der Waals surface area contributed by atoms with Crippen molar-refractivity contribution in [3.63, 3.8) is 0 Å². The predicted octanol–water partition coefficient (Wildman–Crippen LogP) is 4.38. The number of nitriles is 1. The van der Waals surface area contributed by atoms with Crippen LogP contribution < -0.4 is 5.32 Å². The number of rotatable bonds is 5. The first-order valence-electron chi connectivity index (χ1n) is 10.2. The molecule has 5 heteroatoms. The number of aryl methyl sites for hydroxylation is 2. The Morgan fingerprint density at radius 2 is 1.89 bits per heavy atom. The second kappa shape index (κ2) is 7.13. The molecule has 4 bridgehead atoms. The molecule has 144 valence electrons. The first-order valence-corrected chi connectivity index (χ1v) is 11.2. The van der Waals surface area contributed by atoms with Gasteiger partial charge in [0, 0.05) is 11.7 Å². The molecule has 4 saturated carbocycles. The molecular weight excluding hydrogens is 354 g/mol. The minimum atomic E-state index is 0.0631. The molecule has 0 spiro atoms. The Bertz CT molecular complexity index is 762. The molecule has 27 heavy (non-hydrogen) atoms. The Kier molecular flexibility index (Phi) is 4.96. The molecule has 1 aromatic rings. The fourth-order valence-electron chi connectivity index (χ4n) is 6.32. The maximum atomic E-state index is 12.6. The van der Waals surface area contributed by atoms with Gasteiger partial charge in [0.2, 0.25) is 5.91 Å². The molecule has 4 aliphatic carbocycles. The summed E-state index contributed by atoms with van der Waals surface area (Å²) in [6, 6.07) is 4.38. The van der Waals surface area contributed by atoms with E-state index in [0.29, 0.717) is 21.8 Å². The van der Waals surface area contributed by atoms with Crippen LogP contribution in [0.5, 0.6) is 0 Å². The first kappa shape index (κ1) is 18.8. The third-order valence-electron chi connectivity index (χ3n) is 7.14. The van der Waals surface area contributed by atoms with Crippen LogP contribution in [0.1, 0.15) is 62.3 Å². The number of amides is 1. The Labute approximate surface area is 166 Å². The van der Waals surface area contributed by atoms with Crippen molar-refractivity contribution in [2.75, 3.05) is 5.75 Å². The highest BCUT2D eigenvalue weighted by Crippen LogP contribution is 2.61. The van der Waals surface area contributed by atoms with Gasteiger partial charge in [-0.05, 0) is 94.1 Å². The minimum Gasteiger partial charge on any atom is -0.352 e. The monoisotopic (exact) mass is 383 g/mol. The van der Waals surface area contributed by atoms with Crippen LogP contribution in [0.15, 0.2) is 11.1 Å².